The smallest absolute Gasteiger partial charge is 0.225 e. The molecule has 5 rings (SSSR count). The highest BCUT2D eigenvalue weighted by Crippen LogP contribution is 2.24. The van der Waals surface area contributed by atoms with Gasteiger partial charge in [0.15, 0.2) is 5.76 Å². The molecule has 35 heavy (non-hydrogen) atoms. The molecular formula is C26H31ClN6O2. The van der Waals surface area contributed by atoms with Crippen molar-refractivity contribution in [1.82, 2.24) is 24.8 Å². The fourth-order valence-electron chi connectivity index (χ4n) is 4.94. The molecule has 2 aliphatic rings. The minimum Gasteiger partial charge on any atom is -0.384 e. The summed E-state index contributed by atoms with van der Waals surface area (Å²) in [5.74, 6) is 1.73. The Bertz CT molecular complexity index is 1130. The lowest BCUT2D eigenvalue weighted by atomic mass is 9.94. The van der Waals surface area contributed by atoms with E-state index in [-0.39, 0.29) is 5.92 Å². The van der Waals surface area contributed by atoms with Gasteiger partial charge in [-0.05, 0) is 67.9 Å². The van der Waals surface area contributed by atoms with Gasteiger partial charge in [0, 0.05) is 68.0 Å². The van der Waals surface area contributed by atoms with Crippen molar-refractivity contribution in [1.29, 1.82) is 0 Å². The van der Waals surface area contributed by atoms with Gasteiger partial charge in [0.1, 0.15) is 5.82 Å². The zero-order valence-electron chi connectivity index (χ0n) is 19.8. The summed E-state index contributed by atoms with van der Waals surface area (Å²) in [6.07, 6.45) is 3.57. The van der Waals surface area contributed by atoms with E-state index in [0.29, 0.717) is 16.7 Å². The molecule has 0 radical (unpaired) electrons. The molecule has 4 heterocycles. The van der Waals surface area contributed by atoms with Crippen molar-refractivity contribution in [2.75, 3.05) is 45.0 Å². The molecule has 2 saturated heterocycles. The van der Waals surface area contributed by atoms with E-state index >= 15 is 0 Å². The summed E-state index contributed by atoms with van der Waals surface area (Å²) in [5, 5.41) is 4.93. The van der Waals surface area contributed by atoms with E-state index in [1.165, 1.54) is 5.56 Å². The molecule has 0 bridgehead atoms. The number of halogens is 1. The van der Waals surface area contributed by atoms with Gasteiger partial charge < -0.3 is 15.2 Å². The van der Waals surface area contributed by atoms with Gasteiger partial charge in [-0.3, -0.25) is 14.6 Å². The number of anilines is 1. The fourth-order valence-corrected chi connectivity index (χ4v) is 5.07. The Morgan fingerprint density at radius 2 is 1.69 bits per heavy atom. The molecule has 3 aromatic rings. The van der Waals surface area contributed by atoms with E-state index in [2.05, 4.69) is 19.9 Å². The van der Waals surface area contributed by atoms with Gasteiger partial charge in [-0.1, -0.05) is 16.8 Å². The quantitative estimate of drug-likeness (QED) is 0.560. The van der Waals surface area contributed by atoms with Crippen LogP contribution in [-0.4, -0.2) is 70.0 Å². The monoisotopic (exact) mass is 494 g/mol. The van der Waals surface area contributed by atoms with Crippen LogP contribution in [0.15, 0.2) is 53.2 Å². The van der Waals surface area contributed by atoms with Crippen molar-refractivity contribution in [2.24, 2.45) is 5.92 Å². The molecule has 2 aliphatic heterocycles. The third-order valence-electron chi connectivity index (χ3n) is 6.95. The fraction of sp³-hybridized carbons (Fsp3) is 0.423. The molecule has 2 aromatic heterocycles. The van der Waals surface area contributed by atoms with Crippen LogP contribution in [0.2, 0.25) is 5.02 Å². The number of rotatable bonds is 6. The molecule has 0 unspecified atom stereocenters. The molecule has 9 heteroatoms. The minimum atomic E-state index is 0.123. The van der Waals surface area contributed by atoms with Crippen LogP contribution in [0.3, 0.4) is 0 Å². The summed E-state index contributed by atoms with van der Waals surface area (Å²) < 4.78 is 5.53. The molecule has 2 N–H and O–H groups in total. The van der Waals surface area contributed by atoms with Crippen LogP contribution in [0.5, 0.6) is 0 Å². The number of hydrogen-bond donors (Lipinski definition) is 1. The number of likely N-dealkylation sites (tertiary alicyclic amines) is 1. The zero-order valence-corrected chi connectivity index (χ0v) is 20.5. The van der Waals surface area contributed by atoms with Gasteiger partial charge in [0.2, 0.25) is 5.91 Å². The first-order valence-corrected chi connectivity index (χ1v) is 12.6. The van der Waals surface area contributed by atoms with Crippen LogP contribution < -0.4 is 5.73 Å². The molecule has 0 saturated carbocycles. The van der Waals surface area contributed by atoms with Gasteiger partial charge in [-0.25, -0.2) is 4.98 Å². The average Bonchev–Trinajstić information content (AvgIpc) is 3.33. The van der Waals surface area contributed by atoms with E-state index in [1.807, 2.05) is 47.4 Å². The summed E-state index contributed by atoms with van der Waals surface area (Å²) >= 11 is 5.97. The number of carbonyl (C=O) groups excluding carboxylic acids is 1. The molecule has 0 aliphatic carbocycles. The van der Waals surface area contributed by atoms with Crippen molar-refractivity contribution in [3.8, 4) is 11.3 Å². The normalized spacial score (nSPS) is 18.1. The number of piperazine rings is 1. The number of nitrogen functional groups attached to an aromatic ring is 1. The van der Waals surface area contributed by atoms with Crippen molar-refractivity contribution >= 4 is 23.3 Å². The predicted octanol–water partition coefficient (Wildman–Crippen LogP) is 3.53. The highest BCUT2D eigenvalue weighted by molar-refractivity contribution is 6.30. The lowest BCUT2D eigenvalue weighted by Gasteiger charge is -2.38. The average molecular weight is 495 g/mol. The van der Waals surface area contributed by atoms with E-state index in [1.54, 1.807) is 6.20 Å². The second-order valence-corrected chi connectivity index (χ2v) is 9.87. The first kappa shape index (κ1) is 23.8. The Morgan fingerprint density at radius 3 is 2.40 bits per heavy atom. The number of amides is 1. The Labute approximate surface area is 210 Å². The predicted molar refractivity (Wildman–Crippen MR) is 135 cm³/mol. The van der Waals surface area contributed by atoms with E-state index in [0.717, 1.165) is 82.2 Å². The van der Waals surface area contributed by atoms with Crippen molar-refractivity contribution < 1.29 is 9.32 Å². The number of carbonyl (C=O) groups is 1. The van der Waals surface area contributed by atoms with E-state index in [9.17, 15) is 4.79 Å². The highest BCUT2D eigenvalue weighted by Gasteiger charge is 2.30. The van der Waals surface area contributed by atoms with Gasteiger partial charge >= 0.3 is 0 Å². The van der Waals surface area contributed by atoms with Gasteiger partial charge in [0.25, 0.3) is 0 Å². The van der Waals surface area contributed by atoms with Crippen LogP contribution in [0.1, 0.15) is 24.1 Å². The maximum Gasteiger partial charge on any atom is 0.225 e. The number of pyridine rings is 1. The third-order valence-corrected chi connectivity index (χ3v) is 7.20. The number of nitrogens with two attached hydrogens (primary N) is 1. The first-order chi connectivity index (χ1) is 17.0. The molecule has 1 aromatic carbocycles. The standard InChI is InChI=1S/C26H31ClN6O2/c27-22-3-1-20(2-4-22)24-16-23(30-35-24)18-32-11-13-33(14-12-32)26(34)21-6-9-31(10-7-21)17-19-5-8-29-25(28)15-19/h1-5,8,15-16,21H,6-7,9-14,17-18H2,(H2,28,29). The molecule has 184 valence electrons. The summed E-state index contributed by atoms with van der Waals surface area (Å²) in [4.78, 5) is 24.0. The molecule has 0 atom stereocenters. The summed E-state index contributed by atoms with van der Waals surface area (Å²) in [6, 6.07) is 13.5. The molecule has 1 amide bonds. The third kappa shape index (κ3) is 6.01. The summed E-state index contributed by atoms with van der Waals surface area (Å²) in [6.45, 7) is 6.65. The van der Waals surface area contributed by atoms with Gasteiger partial charge in [-0.2, -0.15) is 0 Å². The van der Waals surface area contributed by atoms with Crippen LogP contribution in [0, 0.1) is 5.92 Å². The maximum absolute atomic E-state index is 13.1. The number of aromatic nitrogens is 2. The molecule has 8 nitrogen and oxygen atoms in total. The van der Waals surface area contributed by atoms with Crippen LogP contribution in [-0.2, 0) is 17.9 Å². The zero-order chi connectivity index (χ0) is 24.2. The lowest BCUT2D eigenvalue weighted by Crippen LogP contribution is -2.51. The second kappa shape index (κ2) is 10.8. The number of nitrogens with zero attached hydrogens (tertiary/aromatic N) is 5. The maximum atomic E-state index is 13.1. The lowest BCUT2D eigenvalue weighted by molar-refractivity contribution is -0.139. The van der Waals surface area contributed by atoms with Crippen molar-refractivity contribution in [3.05, 3.63) is 64.9 Å². The van der Waals surface area contributed by atoms with Crippen LogP contribution >= 0.6 is 11.6 Å². The second-order valence-electron chi connectivity index (χ2n) is 9.43. The Hall–Kier alpha value is -2.94. The van der Waals surface area contributed by atoms with Crippen LogP contribution in [0.25, 0.3) is 11.3 Å². The Morgan fingerprint density at radius 1 is 0.971 bits per heavy atom. The van der Waals surface area contributed by atoms with Crippen molar-refractivity contribution in [3.63, 3.8) is 0 Å². The van der Waals surface area contributed by atoms with E-state index in [4.69, 9.17) is 21.9 Å². The SMILES string of the molecule is Nc1cc(CN2CCC(C(=O)N3CCN(Cc4cc(-c5ccc(Cl)cc5)on4)CC3)CC2)ccn1. The highest BCUT2D eigenvalue weighted by atomic mass is 35.5. The minimum absolute atomic E-state index is 0.123. The number of hydrogen-bond acceptors (Lipinski definition) is 7. The Kier molecular flexibility index (Phi) is 7.32. The van der Waals surface area contributed by atoms with Gasteiger partial charge in [-0.15, -0.1) is 0 Å². The summed E-state index contributed by atoms with van der Waals surface area (Å²) in [5.41, 5.74) is 8.83. The van der Waals surface area contributed by atoms with Gasteiger partial charge in [0.05, 0.1) is 5.69 Å². The van der Waals surface area contributed by atoms with Crippen LogP contribution in [0.4, 0.5) is 5.82 Å². The van der Waals surface area contributed by atoms with E-state index < -0.39 is 0 Å². The first-order valence-electron chi connectivity index (χ1n) is 12.2. The molecular weight excluding hydrogens is 464 g/mol. The van der Waals surface area contributed by atoms with Crippen molar-refractivity contribution in [2.45, 2.75) is 25.9 Å². The molecule has 2 fully saturated rings. The molecule has 0 spiro atoms. The topological polar surface area (TPSA) is 91.7 Å². The largest absolute Gasteiger partial charge is 0.384 e. The summed E-state index contributed by atoms with van der Waals surface area (Å²) in [7, 11) is 0. The number of piperidine rings is 1. The number of benzene rings is 1. The Balaban J connectivity index is 1.06.